The molecule has 0 atom stereocenters. The summed E-state index contributed by atoms with van der Waals surface area (Å²) in [4.78, 5) is -0.741. The van der Waals surface area contributed by atoms with Crippen LogP contribution in [0.25, 0.3) is 0 Å². The molecular weight excluding hydrogens is 315 g/mol. The van der Waals surface area contributed by atoms with Gasteiger partial charge in [0.1, 0.15) is 0 Å². The SMILES string of the molecule is O=S(=O)(NCC1CC(Cl)C1)c1ccccc1C(F)(F)F. The summed E-state index contributed by atoms with van der Waals surface area (Å²) in [5.74, 6) is 0.0883. The third-order valence-electron chi connectivity index (χ3n) is 3.22. The van der Waals surface area contributed by atoms with E-state index in [9.17, 15) is 21.6 Å². The second-order valence-corrected chi connectivity index (χ2v) is 7.13. The first-order chi connectivity index (χ1) is 9.20. The first-order valence-electron chi connectivity index (χ1n) is 6.00. The molecule has 0 aromatic heterocycles. The lowest BCUT2D eigenvalue weighted by molar-refractivity contribution is -0.139. The maximum absolute atomic E-state index is 12.8. The summed E-state index contributed by atoms with van der Waals surface area (Å²) in [6.07, 6.45) is -3.36. The summed E-state index contributed by atoms with van der Waals surface area (Å²) in [6.45, 7) is 0.109. The van der Waals surface area contributed by atoms with E-state index in [0.29, 0.717) is 12.8 Å². The molecule has 0 bridgehead atoms. The molecule has 1 aliphatic carbocycles. The van der Waals surface area contributed by atoms with Crippen molar-refractivity contribution in [2.75, 3.05) is 6.54 Å². The van der Waals surface area contributed by atoms with Crippen LogP contribution >= 0.6 is 11.6 Å². The molecular formula is C12H13ClF3NO2S. The number of hydrogen-bond acceptors (Lipinski definition) is 2. The van der Waals surface area contributed by atoms with Crippen molar-refractivity contribution in [2.45, 2.75) is 29.3 Å². The molecule has 0 saturated heterocycles. The molecule has 0 heterocycles. The van der Waals surface area contributed by atoms with E-state index in [1.165, 1.54) is 6.07 Å². The van der Waals surface area contributed by atoms with Crippen molar-refractivity contribution >= 4 is 21.6 Å². The van der Waals surface area contributed by atoms with Crippen LogP contribution < -0.4 is 4.72 Å². The van der Waals surface area contributed by atoms with Crippen LogP contribution in [0.5, 0.6) is 0 Å². The number of sulfonamides is 1. The minimum atomic E-state index is -4.71. The van der Waals surface area contributed by atoms with Gasteiger partial charge in [0, 0.05) is 11.9 Å². The number of alkyl halides is 4. The van der Waals surface area contributed by atoms with E-state index < -0.39 is 26.7 Å². The maximum atomic E-state index is 12.8. The van der Waals surface area contributed by atoms with Crippen molar-refractivity contribution in [3.63, 3.8) is 0 Å². The van der Waals surface area contributed by atoms with E-state index >= 15 is 0 Å². The first-order valence-corrected chi connectivity index (χ1v) is 7.92. The van der Waals surface area contributed by atoms with Crippen LogP contribution in [0.3, 0.4) is 0 Å². The highest BCUT2D eigenvalue weighted by Gasteiger charge is 2.37. The smallest absolute Gasteiger partial charge is 0.211 e. The van der Waals surface area contributed by atoms with Crippen molar-refractivity contribution in [3.05, 3.63) is 29.8 Å². The lowest BCUT2D eigenvalue weighted by Gasteiger charge is -2.30. The number of hydrogen-bond donors (Lipinski definition) is 1. The lowest BCUT2D eigenvalue weighted by Crippen LogP contribution is -2.37. The van der Waals surface area contributed by atoms with Gasteiger partial charge in [0.2, 0.25) is 10.0 Å². The van der Waals surface area contributed by atoms with Gasteiger partial charge in [0.15, 0.2) is 0 Å². The van der Waals surface area contributed by atoms with E-state index in [0.717, 1.165) is 18.2 Å². The molecule has 1 aliphatic rings. The van der Waals surface area contributed by atoms with Gasteiger partial charge in [0.05, 0.1) is 10.5 Å². The van der Waals surface area contributed by atoms with Crippen molar-refractivity contribution in [2.24, 2.45) is 5.92 Å². The van der Waals surface area contributed by atoms with E-state index in [4.69, 9.17) is 11.6 Å². The van der Waals surface area contributed by atoms with Gasteiger partial charge in [-0.2, -0.15) is 13.2 Å². The molecule has 1 aromatic rings. The monoisotopic (exact) mass is 327 g/mol. The third-order valence-corrected chi connectivity index (χ3v) is 5.06. The highest BCUT2D eigenvalue weighted by Crippen LogP contribution is 2.34. The van der Waals surface area contributed by atoms with E-state index in [2.05, 4.69) is 4.72 Å². The van der Waals surface area contributed by atoms with Crippen LogP contribution in [0.2, 0.25) is 0 Å². The molecule has 2 rings (SSSR count). The Morgan fingerprint density at radius 2 is 1.85 bits per heavy atom. The van der Waals surface area contributed by atoms with Gasteiger partial charge in [-0.05, 0) is 30.9 Å². The molecule has 8 heteroatoms. The molecule has 0 radical (unpaired) electrons. The zero-order valence-electron chi connectivity index (χ0n) is 10.3. The summed E-state index contributed by atoms with van der Waals surface area (Å²) in [5, 5.41) is 0.0342. The fraction of sp³-hybridized carbons (Fsp3) is 0.500. The molecule has 1 fully saturated rings. The number of benzene rings is 1. The van der Waals surface area contributed by atoms with Gasteiger partial charge in [-0.3, -0.25) is 0 Å². The molecule has 112 valence electrons. The fourth-order valence-corrected chi connectivity index (χ4v) is 3.91. The highest BCUT2D eigenvalue weighted by atomic mass is 35.5. The standard InChI is InChI=1S/C12H13ClF3NO2S/c13-9-5-8(6-9)7-17-20(18,19)11-4-2-1-3-10(11)12(14,15)16/h1-4,8-9,17H,5-7H2. The average molecular weight is 328 g/mol. The molecule has 0 amide bonds. The molecule has 1 N–H and O–H groups in total. The fourth-order valence-electron chi connectivity index (χ4n) is 2.06. The summed E-state index contributed by atoms with van der Waals surface area (Å²) >= 11 is 5.77. The third kappa shape index (κ3) is 3.45. The Kier molecular flexibility index (Phi) is 4.32. The summed E-state index contributed by atoms with van der Waals surface area (Å²) < 4.78 is 64.6. The molecule has 0 aliphatic heterocycles. The Morgan fingerprint density at radius 1 is 1.25 bits per heavy atom. The van der Waals surface area contributed by atoms with Crippen LogP contribution in [-0.2, 0) is 16.2 Å². The summed E-state index contributed by atoms with van der Waals surface area (Å²) in [6, 6.07) is 4.14. The predicted molar refractivity (Wildman–Crippen MR) is 69.0 cm³/mol. The lowest BCUT2D eigenvalue weighted by atomic mass is 9.85. The van der Waals surface area contributed by atoms with Gasteiger partial charge in [-0.25, -0.2) is 13.1 Å². The van der Waals surface area contributed by atoms with Gasteiger partial charge in [0.25, 0.3) is 0 Å². The minimum Gasteiger partial charge on any atom is -0.211 e. The van der Waals surface area contributed by atoms with Crippen LogP contribution in [0.4, 0.5) is 13.2 Å². The van der Waals surface area contributed by atoms with Crippen molar-refractivity contribution < 1.29 is 21.6 Å². The van der Waals surface area contributed by atoms with Crippen LogP contribution in [-0.4, -0.2) is 20.3 Å². The van der Waals surface area contributed by atoms with Gasteiger partial charge in [-0.1, -0.05) is 12.1 Å². The Morgan fingerprint density at radius 3 is 2.40 bits per heavy atom. The van der Waals surface area contributed by atoms with Gasteiger partial charge < -0.3 is 0 Å². The summed E-state index contributed by atoms with van der Waals surface area (Å²) in [5.41, 5.74) is -1.16. The molecule has 0 unspecified atom stereocenters. The summed E-state index contributed by atoms with van der Waals surface area (Å²) in [7, 11) is -4.18. The molecule has 20 heavy (non-hydrogen) atoms. The van der Waals surface area contributed by atoms with Crippen molar-refractivity contribution in [1.82, 2.24) is 4.72 Å². The molecule has 0 spiro atoms. The van der Waals surface area contributed by atoms with Crippen molar-refractivity contribution in [1.29, 1.82) is 0 Å². The molecule has 1 aromatic carbocycles. The van der Waals surface area contributed by atoms with Gasteiger partial charge in [-0.15, -0.1) is 11.6 Å². The Hall–Kier alpha value is -0.790. The van der Waals surface area contributed by atoms with Gasteiger partial charge >= 0.3 is 6.18 Å². The topological polar surface area (TPSA) is 46.2 Å². The quantitative estimate of drug-likeness (QED) is 0.864. The second-order valence-electron chi connectivity index (χ2n) is 4.78. The van der Waals surface area contributed by atoms with Crippen LogP contribution in [0.15, 0.2) is 29.2 Å². The Labute approximate surface area is 120 Å². The van der Waals surface area contributed by atoms with E-state index in [1.54, 1.807) is 0 Å². The zero-order chi connectivity index (χ0) is 15.0. The molecule has 3 nitrogen and oxygen atoms in total. The maximum Gasteiger partial charge on any atom is 0.417 e. The predicted octanol–water partition coefficient (Wildman–Crippen LogP) is 3.00. The molecule has 1 saturated carbocycles. The largest absolute Gasteiger partial charge is 0.417 e. The van der Waals surface area contributed by atoms with Crippen LogP contribution in [0.1, 0.15) is 18.4 Å². The Bertz CT molecular complexity index is 583. The highest BCUT2D eigenvalue weighted by molar-refractivity contribution is 7.89. The second kappa shape index (κ2) is 5.54. The number of rotatable bonds is 4. The van der Waals surface area contributed by atoms with Crippen molar-refractivity contribution in [3.8, 4) is 0 Å². The zero-order valence-corrected chi connectivity index (χ0v) is 11.9. The van der Waals surface area contributed by atoms with E-state index in [1.807, 2.05) is 0 Å². The number of halogens is 4. The normalized spacial score (nSPS) is 23.4. The van der Waals surface area contributed by atoms with E-state index in [-0.39, 0.29) is 17.8 Å². The minimum absolute atomic E-state index is 0.0342. The van der Waals surface area contributed by atoms with Crippen LogP contribution in [0, 0.1) is 5.92 Å². The average Bonchev–Trinajstić information content (AvgIpc) is 2.32. The first kappa shape index (κ1) is 15.6. The number of nitrogens with one attached hydrogen (secondary N) is 1. The Balaban J connectivity index is 2.17.